The van der Waals surface area contributed by atoms with Gasteiger partial charge in [0.2, 0.25) is 5.91 Å². The van der Waals surface area contributed by atoms with E-state index >= 15 is 0 Å². The number of nitriles is 1. The van der Waals surface area contributed by atoms with Gasteiger partial charge in [0.1, 0.15) is 0 Å². The fourth-order valence-electron chi connectivity index (χ4n) is 3.62. The van der Waals surface area contributed by atoms with Gasteiger partial charge in [-0.15, -0.1) is 0 Å². The number of carbonyl (C=O) groups is 1. The molecule has 0 radical (unpaired) electrons. The van der Waals surface area contributed by atoms with E-state index < -0.39 is 24.8 Å². The fraction of sp³-hybridized carbons (Fsp3) is 0.269. The highest BCUT2D eigenvalue weighted by molar-refractivity contribution is 6.43. The molecule has 3 aromatic rings. The minimum atomic E-state index is -1.72. The fourth-order valence-corrected chi connectivity index (χ4v) is 3.62. The lowest BCUT2D eigenvalue weighted by Crippen LogP contribution is -2.48. The standard InChI is InChI=1S/C26H27BFN3O4/c28-22-12-10-20(9-11-21(18-29)23-8-4-5-14-30-23)16-24(22)35-15-13-26(32)31-25(27(33)34)17-19-6-2-1-3-7-19/h1-8,10,12,14,16,21,25,33-34H,9,11,13,15,17H2,(H,31,32)/t21?,25-/m0/s1. The van der Waals surface area contributed by atoms with Crippen molar-refractivity contribution in [3.63, 3.8) is 0 Å². The van der Waals surface area contributed by atoms with Crippen LogP contribution in [0, 0.1) is 17.1 Å². The monoisotopic (exact) mass is 475 g/mol. The lowest BCUT2D eigenvalue weighted by molar-refractivity contribution is -0.122. The Balaban J connectivity index is 1.50. The molecular formula is C26H27BFN3O4. The number of carbonyl (C=O) groups excluding carboxylic acids is 1. The summed E-state index contributed by atoms with van der Waals surface area (Å²) in [6.45, 7) is -0.0828. The highest BCUT2D eigenvalue weighted by Crippen LogP contribution is 2.23. The minimum Gasteiger partial charge on any atom is -0.490 e. The summed E-state index contributed by atoms with van der Waals surface area (Å²) in [6, 6.07) is 21.3. The Labute approximate surface area is 204 Å². The Hall–Kier alpha value is -3.74. The summed E-state index contributed by atoms with van der Waals surface area (Å²) >= 11 is 0. The Morgan fingerprint density at radius 2 is 1.89 bits per heavy atom. The molecule has 1 aromatic heterocycles. The van der Waals surface area contributed by atoms with Gasteiger partial charge in [0.25, 0.3) is 0 Å². The number of amides is 1. The number of nitrogens with one attached hydrogen (secondary N) is 1. The van der Waals surface area contributed by atoms with Crippen molar-refractivity contribution in [2.24, 2.45) is 0 Å². The summed E-state index contributed by atoms with van der Waals surface area (Å²) < 4.78 is 19.7. The van der Waals surface area contributed by atoms with Crippen molar-refractivity contribution in [3.8, 4) is 11.8 Å². The molecule has 0 fully saturated rings. The van der Waals surface area contributed by atoms with Crippen LogP contribution in [0.1, 0.15) is 35.6 Å². The van der Waals surface area contributed by atoms with Crippen molar-refractivity contribution in [2.75, 3.05) is 6.61 Å². The van der Waals surface area contributed by atoms with Crippen molar-refractivity contribution in [2.45, 2.75) is 37.5 Å². The van der Waals surface area contributed by atoms with Crippen LogP contribution in [0.2, 0.25) is 0 Å². The largest absolute Gasteiger partial charge is 0.490 e. The van der Waals surface area contributed by atoms with E-state index in [-0.39, 0.29) is 31.1 Å². The van der Waals surface area contributed by atoms with Crippen LogP contribution in [0.15, 0.2) is 72.9 Å². The highest BCUT2D eigenvalue weighted by atomic mass is 19.1. The molecule has 35 heavy (non-hydrogen) atoms. The number of rotatable bonds is 12. The molecular weight excluding hydrogens is 448 g/mol. The molecule has 0 bridgehead atoms. The van der Waals surface area contributed by atoms with Crippen LogP contribution in [-0.2, 0) is 17.6 Å². The van der Waals surface area contributed by atoms with Crippen molar-refractivity contribution in [1.82, 2.24) is 10.3 Å². The van der Waals surface area contributed by atoms with Gasteiger partial charge in [-0.3, -0.25) is 9.78 Å². The maximum atomic E-state index is 14.2. The second-order valence-electron chi connectivity index (χ2n) is 8.12. The van der Waals surface area contributed by atoms with E-state index in [0.717, 1.165) is 11.1 Å². The zero-order chi connectivity index (χ0) is 25.0. The van der Waals surface area contributed by atoms with Crippen LogP contribution in [0.25, 0.3) is 0 Å². The third kappa shape index (κ3) is 8.21. The lowest BCUT2D eigenvalue weighted by Gasteiger charge is -2.18. The van der Waals surface area contributed by atoms with Gasteiger partial charge >= 0.3 is 7.12 Å². The number of pyridine rings is 1. The number of ether oxygens (including phenoxy) is 1. The molecule has 0 spiro atoms. The first-order chi connectivity index (χ1) is 17.0. The number of aryl methyl sites for hydroxylation is 1. The number of halogens is 1. The molecule has 0 aliphatic heterocycles. The van der Waals surface area contributed by atoms with Crippen LogP contribution >= 0.6 is 0 Å². The smallest absolute Gasteiger partial charge is 0.475 e. The third-order valence-electron chi connectivity index (χ3n) is 5.51. The summed E-state index contributed by atoms with van der Waals surface area (Å²) in [5, 5.41) is 31.3. The van der Waals surface area contributed by atoms with Crippen molar-refractivity contribution >= 4 is 13.0 Å². The lowest BCUT2D eigenvalue weighted by atomic mass is 9.76. The normalized spacial score (nSPS) is 12.3. The first kappa shape index (κ1) is 25.9. The zero-order valence-corrected chi connectivity index (χ0v) is 19.2. The first-order valence-electron chi connectivity index (χ1n) is 11.4. The van der Waals surface area contributed by atoms with Gasteiger partial charge in [0.05, 0.1) is 36.6 Å². The molecule has 0 aliphatic carbocycles. The number of hydrogen-bond donors (Lipinski definition) is 3. The first-order valence-corrected chi connectivity index (χ1v) is 11.4. The van der Waals surface area contributed by atoms with Gasteiger partial charge in [-0.2, -0.15) is 5.26 Å². The van der Waals surface area contributed by atoms with Crippen LogP contribution in [-0.4, -0.2) is 40.6 Å². The molecule has 3 N–H and O–H groups in total. The highest BCUT2D eigenvalue weighted by Gasteiger charge is 2.25. The van der Waals surface area contributed by atoms with E-state index in [0.29, 0.717) is 18.5 Å². The second-order valence-corrected chi connectivity index (χ2v) is 8.12. The van der Waals surface area contributed by atoms with Crippen LogP contribution in [0.5, 0.6) is 5.75 Å². The van der Waals surface area contributed by atoms with Gasteiger partial charge in [0.15, 0.2) is 11.6 Å². The SMILES string of the molecule is N#CC(CCc1ccc(F)c(OCCC(=O)N[C@@H](Cc2ccccc2)B(O)O)c1)c1ccccn1. The molecule has 0 saturated heterocycles. The average Bonchev–Trinajstić information content (AvgIpc) is 2.87. The van der Waals surface area contributed by atoms with E-state index in [1.807, 2.05) is 36.4 Å². The number of aromatic nitrogens is 1. The topological polar surface area (TPSA) is 115 Å². The number of benzene rings is 2. The maximum absolute atomic E-state index is 14.2. The molecule has 7 nitrogen and oxygen atoms in total. The average molecular weight is 475 g/mol. The van der Waals surface area contributed by atoms with Gasteiger partial charge < -0.3 is 20.1 Å². The van der Waals surface area contributed by atoms with Gasteiger partial charge in [-0.25, -0.2) is 4.39 Å². The van der Waals surface area contributed by atoms with Crippen molar-refractivity contribution in [1.29, 1.82) is 5.26 Å². The second kappa shape index (κ2) is 13.2. The van der Waals surface area contributed by atoms with Gasteiger partial charge in [-0.1, -0.05) is 42.5 Å². The van der Waals surface area contributed by atoms with Gasteiger partial charge in [-0.05, 0) is 54.7 Å². The molecule has 0 saturated carbocycles. The Kier molecular flexibility index (Phi) is 9.78. The Bertz CT molecular complexity index is 1130. The van der Waals surface area contributed by atoms with E-state index in [1.165, 1.54) is 6.07 Å². The van der Waals surface area contributed by atoms with E-state index in [9.17, 15) is 24.5 Å². The van der Waals surface area contributed by atoms with Crippen LogP contribution in [0.3, 0.4) is 0 Å². The maximum Gasteiger partial charge on any atom is 0.475 e. The third-order valence-corrected chi connectivity index (χ3v) is 5.51. The quantitative estimate of drug-likeness (QED) is 0.347. The summed E-state index contributed by atoms with van der Waals surface area (Å²) in [5.41, 5.74) is 2.34. The summed E-state index contributed by atoms with van der Waals surface area (Å²) in [5.74, 6) is -2.23. The van der Waals surface area contributed by atoms with Crippen molar-refractivity contribution < 1.29 is 24.0 Å². The predicted molar refractivity (Wildman–Crippen MR) is 130 cm³/mol. The molecule has 1 amide bonds. The molecule has 2 atom stereocenters. The molecule has 1 unspecified atom stereocenters. The summed E-state index contributed by atoms with van der Waals surface area (Å²) in [4.78, 5) is 16.5. The zero-order valence-electron chi connectivity index (χ0n) is 19.2. The van der Waals surface area contributed by atoms with Crippen molar-refractivity contribution in [3.05, 3.63) is 95.6 Å². The summed E-state index contributed by atoms with van der Waals surface area (Å²) in [7, 11) is -1.72. The summed E-state index contributed by atoms with van der Waals surface area (Å²) in [6.07, 6.45) is 2.86. The molecule has 180 valence electrons. The van der Waals surface area contributed by atoms with Crippen LogP contribution < -0.4 is 10.1 Å². The Morgan fingerprint density at radius 1 is 1.11 bits per heavy atom. The number of hydrogen-bond acceptors (Lipinski definition) is 6. The van der Waals surface area contributed by atoms with Gasteiger partial charge in [0, 0.05) is 6.20 Å². The molecule has 0 aliphatic rings. The molecule has 1 heterocycles. The minimum absolute atomic E-state index is 0.0182. The predicted octanol–water partition coefficient (Wildman–Crippen LogP) is 2.97. The number of nitrogens with zero attached hydrogens (tertiary/aromatic N) is 2. The molecule has 2 aromatic carbocycles. The van der Waals surface area contributed by atoms with E-state index in [1.54, 1.807) is 30.5 Å². The molecule has 3 rings (SSSR count). The molecule has 9 heteroatoms. The van der Waals surface area contributed by atoms with Crippen LogP contribution in [0.4, 0.5) is 4.39 Å². The van der Waals surface area contributed by atoms with E-state index in [4.69, 9.17) is 4.74 Å². The Morgan fingerprint density at radius 3 is 2.57 bits per heavy atom. The van der Waals surface area contributed by atoms with E-state index in [2.05, 4.69) is 16.4 Å².